The predicted octanol–water partition coefficient (Wildman–Crippen LogP) is 1.78. The molecule has 0 fully saturated rings. The maximum Gasteiger partial charge on any atom is 0.230 e. The summed E-state index contributed by atoms with van der Waals surface area (Å²) in [5, 5.41) is 13.1. The fraction of sp³-hybridized carbons (Fsp3) is 0.100. The van der Waals surface area contributed by atoms with E-state index in [0.29, 0.717) is 5.56 Å². The lowest BCUT2D eigenvalue weighted by Crippen LogP contribution is -1.91. The number of nitrogen functional groups attached to an aromatic ring is 1. The lowest BCUT2D eigenvalue weighted by Gasteiger charge is -2.06. The number of methoxy groups -OCH3 is 1. The van der Waals surface area contributed by atoms with Crippen molar-refractivity contribution < 1.29 is 18.8 Å². The molecule has 0 saturated heterocycles. The topological polar surface area (TPSA) is 81.5 Å². The number of aromatic hydroxyl groups is 1. The standard InChI is InChI=1S/C10H9FN2O3/c1-15-9-3-8(14)5(2-7(9)11)6-4-13-16-10(6)12/h2-4,14H,12H2,1H3. The average Bonchev–Trinajstić information content (AvgIpc) is 2.67. The summed E-state index contributed by atoms with van der Waals surface area (Å²) >= 11 is 0. The number of nitrogens with two attached hydrogens (primary N) is 1. The fourth-order valence-electron chi connectivity index (χ4n) is 1.37. The second kappa shape index (κ2) is 3.73. The summed E-state index contributed by atoms with van der Waals surface area (Å²) in [6.45, 7) is 0. The van der Waals surface area contributed by atoms with Crippen LogP contribution >= 0.6 is 0 Å². The molecule has 0 amide bonds. The van der Waals surface area contributed by atoms with Crippen molar-refractivity contribution >= 4 is 5.88 Å². The van der Waals surface area contributed by atoms with Gasteiger partial charge >= 0.3 is 0 Å². The zero-order valence-corrected chi connectivity index (χ0v) is 8.40. The van der Waals surface area contributed by atoms with Gasteiger partial charge in [0.25, 0.3) is 0 Å². The first-order chi connectivity index (χ1) is 7.63. The van der Waals surface area contributed by atoms with E-state index >= 15 is 0 Å². The number of phenols is 1. The highest BCUT2D eigenvalue weighted by molar-refractivity contribution is 5.77. The van der Waals surface area contributed by atoms with Crippen LogP contribution in [0.4, 0.5) is 10.3 Å². The van der Waals surface area contributed by atoms with E-state index in [2.05, 4.69) is 9.68 Å². The van der Waals surface area contributed by atoms with Gasteiger partial charge in [-0.05, 0) is 6.07 Å². The summed E-state index contributed by atoms with van der Waals surface area (Å²) in [5.41, 5.74) is 6.01. The van der Waals surface area contributed by atoms with Crippen molar-refractivity contribution in [3.8, 4) is 22.6 Å². The Balaban J connectivity index is 2.59. The Hall–Kier alpha value is -2.24. The van der Waals surface area contributed by atoms with Gasteiger partial charge in [0.05, 0.1) is 18.9 Å². The summed E-state index contributed by atoms with van der Waals surface area (Å²) in [4.78, 5) is 0. The number of halogens is 1. The summed E-state index contributed by atoms with van der Waals surface area (Å²) in [7, 11) is 1.31. The van der Waals surface area contributed by atoms with Gasteiger partial charge < -0.3 is 20.1 Å². The Bertz CT molecular complexity index is 525. The molecule has 16 heavy (non-hydrogen) atoms. The minimum Gasteiger partial charge on any atom is -0.507 e. The largest absolute Gasteiger partial charge is 0.507 e. The average molecular weight is 224 g/mol. The predicted molar refractivity (Wildman–Crippen MR) is 54.5 cm³/mol. The lowest BCUT2D eigenvalue weighted by molar-refractivity contribution is 0.381. The van der Waals surface area contributed by atoms with Crippen molar-refractivity contribution in [3.05, 3.63) is 24.1 Å². The summed E-state index contributed by atoms with van der Waals surface area (Å²) in [5.74, 6) is -0.791. The number of benzene rings is 1. The van der Waals surface area contributed by atoms with Crippen LogP contribution in [0.3, 0.4) is 0 Å². The summed E-state index contributed by atoms with van der Waals surface area (Å²) < 4.78 is 22.8. The molecule has 1 heterocycles. The van der Waals surface area contributed by atoms with Crippen LogP contribution in [0.1, 0.15) is 0 Å². The summed E-state index contributed by atoms with van der Waals surface area (Å²) in [6, 6.07) is 2.27. The fourth-order valence-corrected chi connectivity index (χ4v) is 1.37. The smallest absolute Gasteiger partial charge is 0.230 e. The number of ether oxygens (including phenoxy) is 1. The van der Waals surface area contributed by atoms with Crippen LogP contribution in [0.5, 0.6) is 11.5 Å². The van der Waals surface area contributed by atoms with E-state index in [4.69, 9.17) is 10.5 Å². The lowest BCUT2D eigenvalue weighted by atomic mass is 10.1. The molecule has 6 heteroatoms. The zero-order valence-electron chi connectivity index (χ0n) is 8.40. The third-order valence-corrected chi connectivity index (χ3v) is 2.16. The van der Waals surface area contributed by atoms with Gasteiger partial charge in [0.1, 0.15) is 5.75 Å². The molecule has 0 radical (unpaired) electrons. The number of hydrogen-bond donors (Lipinski definition) is 2. The first kappa shape index (κ1) is 10.3. The highest BCUT2D eigenvalue weighted by atomic mass is 19.1. The molecule has 2 rings (SSSR count). The number of hydrogen-bond acceptors (Lipinski definition) is 5. The van der Waals surface area contributed by atoms with E-state index in [0.717, 1.165) is 12.1 Å². The van der Waals surface area contributed by atoms with Gasteiger partial charge in [-0.25, -0.2) is 4.39 Å². The first-order valence-corrected chi connectivity index (χ1v) is 4.40. The van der Waals surface area contributed by atoms with Crippen LogP contribution in [-0.4, -0.2) is 17.4 Å². The van der Waals surface area contributed by atoms with E-state index in [9.17, 15) is 9.50 Å². The molecule has 1 aromatic carbocycles. The Labute approximate surface area is 90.2 Å². The zero-order chi connectivity index (χ0) is 11.7. The van der Waals surface area contributed by atoms with Gasteiger partial charge in [-0.3, -0.25) is 0 Å². The Morgan fingerprint density at radius 3 is 2.75 bits per heavy atom. The van der Waals surface area contributed by atoms with Crippen LogP contribution in [0.2, 0.25) is 0 Å². The molecule has 0 spiro atoms. The molecule has 1 aromatic heterocycles. The van der Waals surface area contributed by atoms with Crippen molar-refractivity contribution in [2.45, 2.75) is 0 Å². The summed E-state index contributed by atoms with van der Waals surface area (Å²) in [6.07, 6.45) is 1.30. The second-order valence-electron chi connectivity index (χ2n) is 3.11. The van der Waals surface area contributed by atoms with Gasteiger partial charge in [-0.2, -0.15) is 0 Å². The number of aromatic nitrogens is 1. The molecule has 0 unspecified atom stereocenters. The number of phenolic OH excluding ortho intramolecular Hbond substituents is 1. The highest BCUT2D eigenvalue weighted by Crippen LogP contribution is 2.36. The number of anilines is 1. The van der Waals surface area contributed by atoms with E-state index in [1.165, 1.54) is 13.3 Å². The van der Waals surface area contributed by atoms with E-state index in [1.807, 2.05) is 0 Å². The normalized spacial score (nSPS) is 10.4. The Kier molecular flexibility index (Phi) is 2.40. The van der Waals surface area contributed by atoms with Crippen molar-refractivity contribution in [2.75, 3.05) is 12.8 Å². The SMILES string of the molecule is COc1cc(O)c(-c2cnoc2N)cc1F. The Morgan fingerprint density at radius 2 is 2.19 bits per heavy atom. The molecule has 0 saturated carbocycles. The van der Waals surface area contributed by atoms with Crippen LogP contribution < -0.4 is 10.5 Å². The molecule has 84 valence electrons. The number of rotatable bonds is 2. The van der Waals surface area contributed by atoms with Crippen LogP contribution in [-0.2, 0) is 0 Å². The van der Waals surface area contributed by atoms with Crippen LogP contribution in [0.25, 0.3) is 11.1 Å². The van der Waals surface area contributed by atoms with Gasteiger partial charge in [0, 0.05) is 11.6 Å². The molecule has 3 N–H and O–H groups in total. The molecule has 2 aromatic rings. The van der Waals surface area contributed by atoms with Gasteiger partial charge in [0.15, 0.2) is 11.6 Å². The third kappa shape index (κ3) is 1.54. The van der Waals surface area contributed by atoms with E-state index < -0.39 is 5.82 Å². The molecule has 0 aliphatic heterocycles. The van der Waals surface area contributed by atoms with Gasteiger partial charge in [-0.15, -0.1) is 0 Å². The number of nitrogens with zero attached hydrogens (tertiary/aromatic N) is 1. The molecule has 0 atom stereocenters. The molecule has 0 bridgehead atoms. The molecular formula is C10H9FN2O3. The molecule has 0 aliphatic rings. The van der Waals surface area contributed by atoms with Crippen molar-refractivity contribution in [3.63, 3.8) is 0 Å². The van der Waals surface area contributed by atoms with Crippen molar-refractivity contribution in [1.29, 1.82) is 0 Å². The Morgan fingerprint density at radius 1 is 1.44 bits per heavy atom. The maximum absolute atomic E-state index is 13.4. The second-order valence-corrected chi connectivity index (χ2v) is 3.11. The first-order valence-electron chi connectivity index (χ1n) is 4.40. The monoisotopic (exact) mass is 224 g/mol. The van der Waals surface area contributed by atoms with E-state index in [1.54, 1.807) is 0 Å². The van der Waals surface area contributed by atoms with Crippen molar-refractivity contribution in [2.24, 2.45) is 0 Å². The minimum absolute atomic E-state index is 0.0138. The van der Waals surface area contributed by atoms with Crippen molar-refractivity contribution in [1.82, 2.24) is 5.16 Å². The van der Waals surface area contributed by atoms with Crippen LogP contribution in [0, 0.1) is 5.82 Å². The third-order valence-electron chi connectivity index (χ3n) is 2.16. The highest BCUT2D eigenvalue weighted by Gasteiger charge is 2.15. The van der Waals surface area contributed by atoms with Gasteiger partial charge in [0.2, 0.25) is 5.88 Å². The molecule has 5 nitrogen and oxygen atoms in total. The quantitative estimate of drug-likeness (QED) is 0.812. The van der Waals surface area contributed by atoms with Crippen LogP contribution in [0.15, 0.2) is 22.9 Å². The molecule has 0 aliphatic carbocycles. The maximum atomic E-state index is 13.4. The van der Waals surface area contributed by atoms with E-state index in [-0.39, 0.29) is 22.9 Å². The van der Waals surface area contributed by atoms with Gasteiger partial charge in [-0.1, -0.05) is 5.16 Å². The minimum atomic E-state index is -0.601. The molecular weight excluding hydrogens is 215 g/mol.